The first-order chi connectivity index (χ1) is 35.2. The van der Waals surface area contributed by atoms with E-state index in [1.165, 1.54) is 66.9 Å². The molecule has 73 heavy (non-hydrogen) atoms. The first-order valence-corrected chi connectivity index (χ1v) is 21.5. The van der Waals surface area contributed by atoms with Gasteiger partial charge in [0.25, 0.3) is 5.89 Å². The highest BCUT2D eigenvalue weighted by Crippen LogP contribution is 2.31. The molecule has 20 heteroatoms. The maximum Gasteiger partial charge on any atom is 0.335 e. The normalized spacial score (nSPS) is 10.8. The van der Waals surface area contributed by atoms with E-state index in [0.29, 0.717) is 67.8 Å². The molecule has 0 aliphatic rings. The summed E-state index contributed by atoms with van der Waals surface area (Å²) in [7, 11) is 0. The quantitative estimate of drug-likeness (QED) is 0.110. The van der Waals surface area contributed by atoms with E-state index >= 15 is 0 Å². The molecule has 0 bridgehead atoms. The van der Waals surface area contributed by atoms with Crippen molar-refractivity contribution in [1.29, 1.82) is 0 Å². The van der Waals surface area contributed by atoms with Gasteiger partial charge < -0.3 is 46.9 Å². The van der Waals surface area contributed by atoms with Gasteiger partial charge in [0.15, 0.2) is 28.1 Å². The predicted molar refractivity (Wildman–Crippen MR) is 257 cm³/mol. The van der Waals surface area contributed by atoms with Crippen LogP contribution >= 0.6 is 0 Å². The van der Waals surface area contributed by atoms with Crippen molar-refractivity contribution in [3.05, 3.63) is 186 Å². The molecule has 0 fully saturated rings. The molecule has 7 heterocycles. The topological polar surface area (TPSA) is 292 Å². The number of hydrogen-bond donors (Lipinski definition) is 4. The Morgan fingerprint density at radius 2 is 0.877 bits per heavy atom. The van der Waals surface area contributed by atoms with Gasteiger partial charge in [-0.25, -0.2) is 43.5 Å². The molecule has 0 saturated heterocycles. The Bertz CT molecular complexity index is 4000. The maximum atomic E-state index is 13.6. The number of fused-ring (bicyclic) bond motifs is 4. The molecule has 0 spiro atoms. The van der Waals surface area contributed by atoms with E-state index in [9.17, 15) is 23.6 Å². The van der Waals surface area contributed by atoms with Gasteiger partial charge in [0.1, 0.15) is 39.4 Å². The highest BCUT2D eigenvalue weighted by atomic mass is 19.1. The summed E-state index contributed by atoms with van der Waals surface area (Å²) in [6.45, 7) is 3.68. The Labute approximate surface area is 408 Å². The molecule has 0 aliphatic carbocycles. The van der Waals surface area contributed by atoms with E-state index in [4.69, 9.17) is 46.9 Å². The number of benzene rings is 5. The van der Waals surface area contributed by atoms with E-state index in [2.05, 4.69) is 24.9 Å². The number of pyridine rings is 1. The van der Waals surface area contributed by atoms with Gasteiger partial charge in [-0.15, -0.1) is 0 Å². The average molecular weight is 984 g/mol. The van der Waals surface area contributed by atoms with Crippen LogP contribution in [0.15, 0.2) is 173 Å². The Hall–Kier alpha value is -10.5. The number of carbonyl (C=O) groups is 4. The number of carboxylic acids is 4. The molecule has 0 amide bonds. The molecule has 19 nitrogen and oxygen atoms in total. The first kappa shape index (κ1) is 47.6. The minimum atomic E-state index is -1.05. The standard InChI is InChI=1S/C14H8FNO3.C14H11NO4.C13H8N2O3.C12H7NO4/c15-10-4-2-1-3-9(10)13-16-11-6-5-8(14(17)18)7-12(11)19-13;1-7-5-10(8(2)18-7)13-15-11-4-3-9(14(16)17)6-12(11)19-13;16-13(17)9-1-2-10-11(7-9)18-12(15-10)8-3-5-14-6-4-8;14-12(15)7-3-4-8-10(6-7)17-11(13-8)9-2-1-5-16-9/h1-7H,(H,17,18);3-6H,1-2H3,(H,16,17);1-7H,(H,16,17);1-6H,(H,14,15). The van der Waals surface area contributed by atoms with Gasteiger partial charge in [-0.2, -0.15) is 0 Å². The monoisotopic (exact) mass is 983 g/mol. The van der Waals surface area contributed by atoms with Crippen LogP contribution in [0, 0.1) is 19.7 Å². The average Bonchev–Trinajstić information content (AvgIpc) is 4.26. The second-order valence-corrected chi connectivity index (χ2v) is 15.5. The molecule has 0 saturated carbocycles. The van der Waals surface area contributed by atoms with Crippen LogP contribution in [-0.2, 0) is 0 Å². The van der Waals surface area contributed by atoms with E-state index in [1.54, 1.807) is 73.1 Å². The summed E-state index contributed by atoms with van der Waals surface area (Å²) >= 11 is 0. The number of rotatable bonds is 8. The zero-order valence-corrected chi connectivity index (χ0v) is 37.8. The van der Waals surface area contributed by atoms with Crippen molar-refractivity contribution in [2.24, 2.45) is 0 Å². The zero-order chi connectivity index (χ0) is 51.3. The lowest BCUT2D eigenvalue weighted by molar-refractivity contribution is 0.0686. The Kier molecular flexibility index (Phi) is 13.2. The van der Waals surface area contributed by atoms with Gasteiger partial charge in [0.05, 0.1) is 39.6 Å². The number of hydrogen-bond acceptors (Lipinski definition) is 15. The highest BCUT2D eigenvalue weighted by Gasteiger charge is 2.18. The Balaban J connectivity index is 0.000000120. The number of halogens is 1. The molecule has 0 atom stereocenters. The van der Waals surface area contributed by atoms with E-state index in [0.717, 1.165) is 22.6 Å². The summed E-state index contributed by atoms with van der Waals surface area (Å²) in [6, 6.07) is 33.1. The largest absolute Gasteiger partial charge is 0.478 e. The second-order valence-electron chi connectivity index (χ2n) is 15.5. The minimum Gasteiger partial charge on any atom is -0.478 e. The van der Waals surface area contributed by atoms with Crippen LogP contribution in [-0.4, -0.2) is 69.2 Å². The van der Waals surface area contributed by atoms with Gasteiger partial charge in [-0.3, -0.25) is 4.98 Å². The molecule has 12 aromatic rings. The van der Waals surface area contributed by atoms with Crippen molar-refractivity contribution in [1.82, 2.24) is 24.9 Å². The number of aromatic carboxylic acids is 4. The van der Waals surface area contributed by atoms with Gasteiger partial charge in [-0.05, 0) is 129 Å². The van der Waals surface area contributed by atoms with Crippen molar-refractivity contribution in [3.63, 3.8) is 0 Å². The van der Waals surface area contributed by atoms with Gasteiger partial charge in [-0.1, -0.05) is 12.1 Å². The van der Waals surface area contributed by atoms with Crippen LogP contribution in [0.25, 0.3) is 90.4 Å². The lowest BCUT2D eigenvalue weighted by Crippen LogP contribution is -1.94. The van der Waals surface area contributed by atoms with Crippen molar-refractivity contribution >= 4 is 68.3 Å². The number of furan rings is 2. The second kappa shape index (κ2) is 20.2. The summed E-state index contributed by atoms with van der Waals surface area (Å²) in [5.74, 6) is -1.08. The third kappa shape index (κ3) is 10.6. The summed E-state index contributed by atoms with van der Waals surface area (Å²) in [6.07, 6.45) is 4.81. The molecule has 5 aromatic carbocycles. The molecule has 7 aromatic heterocycles. The zero-order valence-electron chi connectivity index (χ0n) is 37.8. The summed E-state index contributed by atoms with van der Waals surface area (Å²) in [4.78, 5) is 64.3. The van der Waals surface area contributed by atoms with Crippen LogP contribution in [0.2, 0.25) is 0 Å². The van der Waals surface area contributed by atoms with E-state index < -0.39 is 29.7 Å². The van der Waals surface area contributed by atoms with Crippen molar-refractivity contribution in [2.75, 3.05) is 0 Å². The van der Waals surface area contributed by atoms with Crippen molar-refractivity contribution in [3.8, 4) is 46.0 Å². The van der Waals surface area contributed by atoms with Gasteiger partial charge in [0.2, 0.25) is 17.7 Å². The molecule has 0 radical (unpaired) electrons. The van der Waals surface area contributed by atoms with Crippen LogP contribution < -0.4 is 0 Å². The molecule has 4 N–H and O–H groups in total. The highest BCUT2D eigenvalue weighted by molar-refractivity contribution is 5.94. The predicted octanol–water partition coefficient (Wildman–Crippen LogP) is 12.1. The lowest BCUT2D eigenvalue weighted by atomic mass is 10.2. The van der Waals surface area contributed by atoms with E-state index in [1.807, 2.05) is 19.9 Å². The fourth-order valence-corrected chi connectivity index (χ4v) is 7.06. The van der Waals surface area contributed by atoms with Crippen LogP contribution in [0.3, 0.4) is 0 Å². The Morgan fingerprint density at radius 1 is 0.452 bits per heavy atom. The van der Waals surface area contributed by atoms with Crippen LogP contribution in [0.5, 0.6) is 0 Å². The number of oxazole rings is 4. The van der Waals surface area contributed by atoms with E-state index in [-0.39, 0.29) is 33.7 Å². The van der Waals surface area contributed by atoms with Crippen molar-refractivity contribution in [2.45, 2.75) is 13.8 Å². The smallest absolute Gasteiger partial charge is 0.335 e. The molecule has 12 rings (SSSR count). The third-order valence-corrected chi connectivity index (χ3v) is 10.6. The summed E-state index contributed by atoms with van der Waals surface area (Å²) < 4.78 is 46.2. The molecule has 362 valence electrons. The number of aromatic nitrogens is 5. The SMILES string of the molecule is Cc1cc(-c2nc3ccc(C(=O)O)cc3o2)c(C)o1.O=C(O)c1ccc2nc(-c3ccccc3F)oc2c1.O=C(O)c1ccc2nc(-c3ccco3)oc2c1.O=C(O)c1ccc2nc(-c3ccncc3)oc2c1. The minimum absolute atomic E-state index is 0.101. The number of carboxylic acid groups (broad SMARTS) is 4. The lowest BCUT2D eigenvalue weighted by Gasteiger charge is -1.95. The summed E-state index contributed by atoms with van der Waals surface area (Å²) in [5.41, 5.74) is 6.46. The summed E-state index contributed by atoms with van der Waals surface area (Å²) in [5, 5.41) is 35.6. The number of nitrogens with zero attached hydrogens (tertiary/aromatic N) is 5. The fourth-order valence-electron chi connectivity index (χ4n) is 7.06. The molecular weight excluding hydrogens is 950 g/mol. The van der Waals surface area contributed by atoms with Crippen LogP contribution in [0.1, 0.15) is 53.0 Å². The third-order valence-electron chi connectivity index (χ3n) is 10.6. The fraction of sp³-hybridized carbons (Fsp3) is 0.0377. The maximum absolute atomic E-state index is 13.6. The Morgan fingerprint density at radius 3 is 1.30 bits per heavy atom. The molecular formula is C53H34FN5O14. The molecule has 0 aliphatic heterocycles. The van der Waals surface area contributed by atoms with Crippen LogP contribution in [0.4, 0.5) is 4.39 Å². The van der Waals surface area contributed by atoms with Gasteiger partial charge in [0, 0.05) is 18.0 Å². The molecule has 0 unspecified atom stereocenters. The van der Waals surface area contributed by atoms with Crippen molar-refractivity contribution < 1.29 is 70.5 Å². The van der Waals surface area contributed by atoms with Gasteiger partial charge >= 0.3 is 23.9 Å². The number of aryl methyl sites for hydroxylation is 2. The first-order valence-electron chi connectivity index (χ1n) is 21.5.